The van der Waals surface area contributed by atoms with E-state index in [0.29, 0.717) is 23.2 Å². The molecule has 0 bridgehead atoms. The van der Waals surface area contributed by atoms with Crippen molar-refractivity contribution in [3.63, 3.8) is 0 Å². The predicted molar refractivity (Wildman–Crippen MR) is 67.0 cm³/mol. The van der Waals surface area contributed by atoms with Gasteiger partial charge in [0, 0.05) is 30.9 Å². The number of rotatable bonds is 5. The normalized spacial score (nSPS) is 9.67. The van der Waals surface area contributed by atoms with Gasteiger partial charge in [-0.25, -0.2) is 0 Å². The Hall–Kier alpha value is -2.37. The standard InChI is InChI=1S/C12H14N2O4/c1-8(16)13-10-3-4-11(9(5-10)7-15)14(2)6-12(17)18/h3-5,7H,6H2,1-2H3,(H,13,16)(H,17,18). The number of carbonyl (C=O) groups excluding carboxylic acids is 2. The largest absolute Gasteiger partial charge is 0.480 e. The van der Waals surface area contributed by atoms with E-state index in [0.717, 1.165) is 0 Å². The number of carboxylic acids is 1. The van der Waals surface area contributed by atoms with E-state index in [9.17, 15) is 14.4 Å². The van der Waals surface area contributed by atoms with E-state index >= 15 is 0 Å². The molecule has 0 atom stereocenters. The van der Waals surface area contributed by atoms with E-state index in [1.54, 1.807) is 19.2 Å². The van der Waals surface area contributed by atoms with Crippen LogP contribution in [0.4, 0.5) is 11.4 Å². The summed E-state index contributed by atoms with van der Waals surface area (Å²) in [6.07, 6.45) is 0.624. The topological polar surface area (TPSA) is 86.7 Å². The first-order chi connectivity index (χ1) is 8.43. The zero-order chi connectivity index (χ0) is 13.7. The zero-order valence-corrected chi connectivity index (χ0v) is 10.1. The Labute approximate surface area is 104 Å². The van der Waals surface area contributed by atoms with E-state index in [4.69, 9.17) is 5.11 Å². The van der Waals surface area contributed by atoms with Crippen molar-refractivity contribution < 1.29 is 19.5 Å². The summed E-state index contributed by atoms with van der Waals surface area (Å²) in [6.45, 7) is 1.16. The summed E-state index contributed by atoms with van der Waals surface area (Å²) in [5, 5.41) is 11.2. The second kappa shape index (κ2) is 5.81. The molecule has 0 saturated carbocycles. The van der Waals surface area contributed by atoms with Crippen LogP contribution in [0.15, 0.2) is 18.2 Å². The maximum atomic E-state index is 11.0. The van der Waals surface area contributed by atoms with Crippen molar-refractivity contribution in [2.24, 2.45) is 0 Å². The third-order valence-electron chi connectivity index (χ3n) is 2.26. The summed E-state index contributed by atoms with van der Waals surface area (Å²) < 4.78 is 0. The van der Waals surface area contributed by atoms with Gasteiger partial charge in [-0.15, -0.1) is 0 Å². The van der Waals surface area contributed by atoms with E-state index in [1.165, 1.54) is 17.9 Å². The Morgan fingerprint density at radius 2 is 2.11 bits per heavy atom. The minimum absolute atomic E-state index is 0.208. The molecule has 6 nitrogen and oxygen atoms in total. The minimum atomic E-state index is -0.986. The van der Waals surface area contributed by atoms with Crippen molar-refractivity contribution in [2.45, 2.75) is 6.92 Å². The smallest absolute Gasteiger partial charge is 0.323 e. The SMILES string of the molecule is CC(=O)Nc1ccc(N(C)CC(=O)O)c(C=O)c1. The minimum Gasteiger partial charge on any atom is -0.480 e. The number of hydrogen-bond acceptors (Lipinski definition) is 4. The van der Waals surface area contributed by atoms with Crippen LogP contribution in [0.2, 0.25) is 0 Å². The molecule has 0 radical (unpaired) electrons. The van der Waals surface area contributed by atoms with Gasteiger partial charge in [-0.1, -0.05) is 0 Å². The molecular weight excluding hydrogens is 236 g/mol. The maximum Gasteiger partial charge on any atom is 0.323 e. The first-order valence-electron chi connectivity index (χ1n) is 5.23. The van der Waals surface area contributed by atoms with Gasteiger partial charge in [0.05, 0.1) is 0 Å². The molecule has 6 heteroatoms. The predicted octanol–water partition coefficient (Wildman–Crippen LogP) is 0.978. The van der Waals surface area contributed by atoms with Gasteiger partial charge in [0.2, 0.25) is 5.91 Å². The number of carbonyl (C=O) groups is 3. The van der Waals surface area contributed by atoms with Crippen LogP contribution in [0.25, 0.3) is 0 Å². The number of nitrogens with zero attached hydrogens (tertiary/aromatic N) is 1. The number of benzene rings is 1. The zero-order valence-electron chi connectivity index (χ0n) is 10.1. The molecule has 96 valence electrons. The highest BCUT2D eigenvalue weighted by atomic mass is 16.4. The highest BCUT2D eigenvalue weighted by Gasteiger charge is 2.11. The summed E-state index contributed by atoms with van der Waals surface area (Å²) in [4.78, 5) is 33.9. The van der Waals surface area contributed by atoms with Gasteiger partial charge in [0.25, 0.3) is 0 Å². The Kier molecular flexibility index (Phi) is 4.42. The lowest BCUT2D eigenvalue weighted by Crippen LogP contribution is -2.26. The highest BCUT2D eigenvalue weighted by molar-refractivity contribution is 5.93. The van der Waals surface area contributed by atoms with Crippen LogP contribution >= 0.6 is 0 Å². The molecule has 0 fully saturated rings. The molecule has 0 aromatic heterocycles. The van der Waals surface area contributed by atoms with E-state index < -0.39 is 5.97 Å². The average molecular weight is 250 g/mol. The fourth-order valence-corrected chi connectivity index (χ4v) is 1.57. The van der Waals surface area contributed by atoms with Crippen molar-refractivity contribution in [1.29, 1.82) is 0 Å². The van der Waals surface area contributed by atoms with Crippen LogP contribution in [-0.2, 0) is 9.59 Å². The molecule has 0 spiro atoms. The second-order valence-electron chi connectivity index (χ2n) is 3.82. The summed E-state index contributed by atoms with van der Waals surface area (Å²) in [6, 6.07) is 4.71. The van der Waals surface area contributed by atoms with Gasteiger partial charge < -0.3 is 15.3 Å². The second-order valence-corrected chi connectivity index (χ2v) is 3.82. The molecular formula is C12H14N2O4. The van der Waals surface area contributed by atoms with Crippen molar-refractivity contribution in [1.82, 2.24) is 0 Å². The van der Waals surface area contributed by atoms with Crippen LogP contribution in [0.1, 0.15) is 17.3 Å². The van der Waals surface area contributed by atoms with Gasteiger partial charge in [-0.3, -0.25) is 14.4 Å². The molecule has 1 amide bonds. The van der Waals surface area contributed by atoms with Crippen molar-refractivity contribution in [3.05, 3.63) is 23.8 Å². The molecule has 18 heavy (non-hydrogen) atoms. The lowest BCUT2D eigenvalue weighted by atomic mass is 10.1. The molecule has 1 aromatic rings. The van der Waals surface area contributed by atoms with E-state index in [2.05, 4.69) is 5.32 Å². The molecule has 0 aliphatic heterocycles. The molecule has 1 rings (SSSR count). The molecule has 2 N–H and O–H groups in total. The highest BCUT2D eigenvalue weighted by Crippen LogP contribution is 2.22. The van der Waals surface area contributed by atoms with E-state index in [-0.39, 0.29) is 12.5 Å². The lowest BCUT2D eigenvalue weighted by molar-refractivity contribution is -0.135. The summed E-state index contributed by atoms with van der Waals surface area (Å²) in [5.74, 6) is -1.22. The number of hydrogen-bond donors (Lipinski definition) is 2. The fraction of sp³-hybridized carbons (Fsp3) is 0.250. The van der Waals surface area contributed by atoms with Crippen LogP contribution in [0.5, 0.6) is 0 Å². The van der Waals surface area contributed by atoms with Gasteiger partial charge in [-0.05, 0) is 18.2 Å². The van der Waals surface area contributed by atoms with Crippen LogP contribution in [-0.4, -0.2) is 36.9 Å². The van der Waals surface area contributed by atoms with Crippen LogP contribution in [0, 0.1) is 0 Å². The van der Waals surface area contributed by atoms with Gasteiger partial charge in [-0.2, -0.15) is 0 Å². The number of carboxylic acid groups (broad SMARTS) is 1. The summed E-state index contributed by atoms with van der Waals surface area (Å²) >= 11 is 0. The number of likely N-dealkylation sites (N-methyl/N-ethyl adjacent to an activating group) is 1. The van der Waals surface area contributed by atoms with Crippen molar-refractivity contribution in [3.8, 4) is 0 Å². The maximum absolute atomic E-state index is 11.0. The summed E-state index contributed by atoms with van der Waals surface area (Å²) in [5.41, 5.74) is 1.32. The number of anilines is 2. The number of aldehydes is 1. The molecule has 0 aliphatic carbocycles. The summed E-state index contributed by atoms with van der Waals surface area (Å²) in [7, 11) is 1.58. The Morgan fingerprint density at radius 3 is 2.61 bits per heavy atom. The number of nitrogens with one attached hydrogen (secondary N) is 1. The molecule has 0 saturated heterocycles. The van der Waals surface area contributed by atoms with Crippen LogP contribution in [0.3, 0.4) is 0 Å². The Morgan fingerprint density at radius 1 is 1.44 bits per heavy atom. The Balaban J connectivity index is 3.03. The van der Waals surface area contributed by atoms with Crippen molar-refractivity contribution in [2.75, 3.05) is 23.8 Å². The molecule has 0 aliphatic rings. The molecule has 1 aromatic carbocycles. The number of aliphatic carboxylic acids is 1. The lowest BCUT2D eigenvalue weighted by Gasteiger charge is -2.19. The van der Waals surface area contributed by atoms with Crippen molar-refractivity contribution >= 4 is 29.5 Å². The van der Waals surface area contributed by atoms with Gasteiger partial charge in [0.1, 0.15) is 6.54 Å². The third kappa shape index (κ3) is 3.58. The fourth-order valence-electron chi connectivity index (χ4n) is 1.57. The molecule has 0 heterocycles. The number of amides is 1. The van der Waals surface area contributed by atoms with Crippen LogP contribution < -0.4 is 10.2 Å². The first-order valence-corrected chi connectivity index (χ1v) is 5.23. The third-order valence-corrected chi connectivity index (χ3v) is 2.26. The molecule has 0 unspecified atom stereocenters. The average Bonchev–Trinajstić information content (AvgIpc) is 2.26. The van der Waals surface area contributed by atoms with E-state index in [1.807, 2.05) is 0 Å². The van der Waals surface area contributed by atoms with Gasteiger partial charge in [0.15, 0.2) is 6.29 Å². The quantitative estimate of drug-likeness (QED) is 0.761. The monoisotopic (exact) mass is 250 g/mol. The first kappa shape index (κ1) is 13.7. The van der Waals surface area contributed by atoms with Gasteiger partial charge >= 0.3 is 5.97 Å². The Bertz CT molecular complexity index is 485.